The number of rotatable bonds is 4. The van der Waals surface area contributed by atoms with Crippen molar-refractivity contribution < 1.29 is 0 Å². The van der Waals surface area contributed by atoms with E-state index in [1.165, 1.54) is 0 Å². The van der Waals surface area contributed by atoms with Crippen LogP contribution in [-0.4, -0.2) is 19.5 Å². The van der Waals surface area contributed by atoms with Gasteiger partial charge >= 0.3 is 0 Å². The zero-order valence-corrected chi connectivity index (χ0v) is 10.7. The van der Waals surface area contributed by atoms with E-state index in [9.17, 15) is 0 Å². The van der Waals surface area contributed by atoms with Crippen LogP contribution in [0.5, 0.6) is 0 Å². The minimum Gasteiger partial charge on any atom is -0.378 e. The zero-order valence-electron chi connectivity index (χ0n) is 10.7. The summed E-state index contributed by atoms with van der Waals surface area (Å²) in [5.41, 5.74) is 2.83. The summed E-state index contributed by atoms with van der Waals surface area (Å²) in [5, 5.41) is 3.36. The summed E-state index contributed by atoms with van der Waals surface area (Å²) in [4.78, 5) is 12.9. The molecule has 3 aromatic rings. The summed E-state index contributed by atoms with van der Waals surface area (Å²) < 4.78 is 2.12. The molecule has 0 saturated heterocycles. The van der Waals surface area contributed by atoms with Crippen LogP contribution in [0, 0.1) is 0 Å². The zero-order chi connectivity index (χ0) is 13.1. The molecule has 3 rings (SSSR count). The van der Waals surface area contributed by atoms with E-state index in [1.807, 2.05) is 30.6 Å². The van der Waals surface area contributed by atoms with Crippen LogP contribution < -0.4 is 5.32 Å². The summed E-state index contributed by atoms with van der Waals surface area (Å²) in [6.07, 6.45) is 7.22. The quantitative estimate of drug-likeness (QED) is 0.776. The smallest absolute Gasteiger partial charge is 0.128 e. The lowest BCUT2D eigenvalue weighted by Gasteiger charge is -2.08. The van der Waals surface area contributed by atoms with Gasteiger partial charge in [-0.3, -0.25) is 9.97 Å². The average Bonchev–Trinajstić information content (AvgIpc) is 2.92. The molecule has 1 N–H and O–H groups in total. The maximum absolute atomic E-state index is 4.34. The Kier molecular flexibility index (Phi) is 3.10. The van der Waals surface area contributed by atoms with Crippen LogP contribution in [0.1, 0.15) is 12.7 Å². The molecule has 0 fully saturated rings. The Hall–Kier alpha value is -2.43. The predicted molar refractivity (Wildman–Crippen MR) is 74.8 cm³/mol. The van der Waals surface area contributed by atoms with E-state index in [2.05, 4.69) is 31.8 Å². The number of fused-ring (bicyclic) bond motifs is 1. The van der Waals surface area contributed by atoms with Gasteiger partial charge in [0, 0.05) is 37.0 Å². The number of nitrogens with zero attached hydrogens (tertiary/aromatic N) is 4. The number of aromatic nitrogens is 4. The normalized spacial score (nSPS) is 10.8. The van der Waals surface area contributed by atoms with Gasteiger partial charge < -0.3 is 9.88 Å². The topological polar surface area (TPSA) is 55.6 Å². The first-order valence-corrected chi connectivity index (χ1v) is 6.31. The van der Waals surface area contributed by atoms with E-state index in [1.54, 1.807) is 12.4 Å². The van der Waals surface area contributed by atoms with E-state index in [4.69, 9.17) is 0 Å². The summed E-state index contributed by atoms with van der Waals surface area (Å²) >= 11 is 0. The fraction of sp³-hybridized carbons (Fsp3) is 0.214. The molecule has 0 aliphatic rings. The van der Waals surface area contributed by atoms with Crippen molar-refractivity contribution in [3.05, 3.63) is 48.8 Å². The number of aryl methyl sites for hydroxylation is 1. The van der Waals surface area contributed by atoms with Crippen LogP contribution in [0.4, 0.5) is 5.69 Å². The number of imidazole rings is 1. The first-order chi connectivity index (χ1) is 9.36. The molecule has 5 heteroatoms. The van der Waals surface area contributed by atoms with Crippen molar-refractivity contribution in [2.75, 3.05) is 5.32 Å². The second-order valence-corrected chi connectivity index (χ2v) is 4.24. The van der Waals surface area contributed by atoms with Gasteiger partial charge in [-0.05, 0) is 25.1 Å². The lowest BCUT2D eigenvalue weighted by atomic mass is 10.2. The van der Waals surface area contributed by atoms with E-state index >= 15 is 0 Å². The molecule has 0 bridgehead atoms. The number of nitrogens with one attached hydrogen (secondary N) is 1. The summed E-state index contributed by atoms with van der Waals surface area (Å²) in [6, 6.07) is 5.98. The minimum atomic E-state index is 0.701. The van der Waals surface area contributed by atoms with Crippen molar-refractivity contribution in [3.8, 4) is 0 Å². The first kappa shape index (κ1) is 11.6. The van der Waals surface area contributed by atoms with Crippen molar-refractivity contribution in [2.24, 2.45) is 0 Å². The predicted octanol–water partition coefficient (Wildman–Crippen LogP) is 2.46. The number of hydrogen-bond donors (Lipinski definition) is 1. The molecule has 0 amide bonds. The number of hydrogen-bond acceptors (Lipinski definition) is 4. The summed E-state index contributed by atoms with van der Waals surface area (Å²) in [6.45, 7) is 3.74. The maximum atomic E-state index is 4.34. The third-order valence-electron chi connectivity index (χ3n) is 3.06. The second-order valence-electron chi connectivity index (χ2n) is 4.24. The Morgan fingerprint density at radius 3 is 2.74 bits per heavy atom. The molecule has 2 aromatic heterocycles. The van der Waals surface area contributed by atoms with Gasteiger partial charge in [-0.15, -0.1) is 0 Å². The van der Waals surface area contributed by atoms with Crippen molar-refractivity contribution in [1.29, 1.82) is 0 Å². The third-order valence-corrected chi connectivity index (χ3v) is 3.06. The van der Waals surface area contributed by atoms with E-state index < -0.39 is 0 Å². The van der Waals surface area contributed by atoms with Crippen LogP contribution in [0.3, 0.4) is 0 Å². The highest BCUT2D eigenvalue weighted by Gasteiger charge is 2.02. The Morgan fingerprint density at radius 1 is 1.05 bits per heavy atom. The third kappa shape index (κ3) is 2.40. The van der Waals surface area contributed by atoms with E-state index in [-0.39, 0.29) is 0 Å². The highest BCUT2D eigenvalue weighted by molar-refractivity contribution is 5.78. The van der Waals surface area contributed by atoms with E-state index in [0.29, 0.717) is 6.54 Å². The van der Waals surface area contributed by atoms with Gasteiger partial charge in [-0.2, -0.15) is 0 Å². The fourth-order valence-electron chi connectivity index (χ4n) is 2.05. The molecule has 0 saturated carbocycles. The van der Waals surface area contributed by atoms with Gasteiger partial charge in [0.1, 0.15) is 5.82 Å². The SMILES string of the molecule is CCn1ccnc1CNc1ccc2nccnc2c1. The summed E-state index contributed by atoms with van der Waals surface area (Å²) in [5.74, 6) is 1.03. The Balaban J connectivity index is 1.78. The Morgan fingerprint density at radius 2 is 1.89 bits per heavy atom. The molecule has 0 atom stereocenters. The molecule has 96 valence electrons. The van der Waals surface area contributed by atoms with Gasteiger partial charge in [0.2, 0.25) is 0 Å². The first-order valence-electron chi connectivity index (χ1n) is 6.31. The van der Waals surface area contributed by atoms with Crippen LogP contribution >= 0.6 is 0 Å². The molecular formula is C14H15N5. The van der Waals surface area contributed by atoms with Crippen LogP contribution in [0.15, 0.2) is 43.0 Å². The molecule has 2 heterocycles. The number of benzene rings is 1. The van der Waals surface area contributed by atoms with Crippen LogP contribution in [-0.2, 0) is 13.1 Å². The van der Waals surface area contributed by atoms with Gasteiger partial charge in [0.05, 0.1) is 17.6 Å². The average molecular weight is 253 g/mol. The lowest BCUT2D eigenvalue weighted by molar-refractivity contribution is 0.708. The Labute approximate surface area is 111 Å². The van der Waals surface area contributed by atoms with Gasteiger partial charge in [0.25, 0.3) is 0 Å². The molecule has 5 nitrogen and oxygen atoms in total. The fourth-order valence-corrected chi connectivity index (χ4v) is 2.05. The van der Waals surface area contributed by atoms with E-state index in [0.717, 1.165) is 29.1 Å². The summed E-state index contributed by atoms with van der Waals surface area (Å²) in [7, 11) is 0. The van der Waals surface area contributed by atoms with Gasteiger partial charge in [-0.1, -0.05) is 0 Å². The van der Waals surface area contributed by atoms with Crippen LogP contribution in [0.2, 0.25) is 0 Å². The molecule has 0 spiro atoms. The van der Waals surface area contributed by atoms with Crippen molar-refractivity contribution in [3.63, 3.8) is 0 Å². The van der Waals surface area contributed by atoms with Crippen molar-refractivity contribution in [2.45, 2.75) is 20.0 Å². The molecule has 1 aromatic carbocycles. The highest BCUT2D eigenvalue weighted by Crippen LogP contribution is 2.15. The molecule has 19 heavy (non-hydrogen) atoms. The second kappa shape index (κ2) is 5.06. The van der Waals surface area contributed by atoms with Crippen LogP contribution in [0.25, 0.3) is 11.0 Å². The van der Waals surface area contributed by atoms with Gasteiger partial charge in [0.15, 0.2) is 0 Å². The standard InChI is InChI=1S/C14H15N5/c1-2-19-8-7-17-14(19)10-18-11-3-4-12-13(9-11)16-6-5-15-12/h3-9,18H,2,10H2,1H3. The van der Waals surface area contributed by atoms with Crippen molar-refractivity contribution >= 4 is 16.7 Å². The monoisotopic (exact) mass is 253 g/mol. The molecule has 0 radical (unpaired) electrons. The molecule has 0 aliphatic heterocycles. The highest BCUT2D eigenvalue weighted by atomic mass is 15.1. The number of anilines is 1. The van der Waals surface area contributed by atoms with Crippen molar-refractivity contribution in [1.82, 2.24) is 19.5 Å². The maximum Gasteiger partial charge on any atom is 0.128 e. The molecule has 0 unspecified atom stereocenters. The lowest BCUT2D eigenvalue weighted by Crippen LogP contribution is -2.07. The molecular weight excluding hydrogens is 238 g/mol. The largest absolute Gasteiger partial charge is 0.378 e. The Bertz CT molecular complexity index is 689. The van der Waals surface area contributed by atoms with Gasteiger partial charge in [-0.25, -0.2) is 4.98 Å². The molecule has 0 aliphatic carbocycles. The minimum absolute atomic E-state index is 0.701.